The lowest BCUT2D eigenvalue weighted by Crippen LogP contribution is -2.32. The van der Waals surface area contributed by atoms with Crippen LogP contribution in [0.2, 0.25) is 0 Å². The predicted octanol–water partition coefficient (Wildman–Crippen LogP) is 3.15. The van der Waals surface area contributed by atoms with E-state index in [1.807, 2.05) is 26.1 Å². The maximum Gasteiger partial charge on any atom is 0.252 e. The standard InChI is InChI=1S/C23H27N5O3/c1-14-10-20(31-27-14)19-12-24-15(2)26-22(19)17-6-4-16(5-7-17)11-25-23(30)18-8-9-21(29)28(3)13-18/h8-10,12-13,16-17H,4-7,11H2,1-3H3,(H,25,30). The first kappa shape index (κ1) is 21.0. The van der Waals surface area contributed by atoms with Crippen LogP contribution in [0.4, 0.5) is 0 Å². The Morgan fingerprint density at radius 1 is 1.23 bits per heavy atom. The molecule has 8 nitrogen and oxygen atoms in total. The zero-order chi connectivity index (χ0) is 22.0. The van der Waals surface area contributed by atoms with Crippen molar-refractivity contribution in [3.8, 4) is 11.3 Å². The fraction of sp³-hybridized carbons (Fsp3) is 0.435. The normalized spacial score (nSPS) is 18.7. The van der Waals surface area contributed by atoms with E-state index >= 15 is 0 Å². The van der Waals surface area contributed by atoms with Gasteiger partial charge in [0.2, 0.25) is 5.56 Å². The van der Waals surface area contributed by atoms with Crippen LogP contribution in [0.25, 0.3) is 11.3 Å². The first-order chi connectivity index (χ1) is 14.9. The lowest BCUT2D eigenvalue weighted by atomic mass is 9.79. The van der Waals surface area contributed by atoms with Gasteiger partial charge in [-0.3, -0.25) is 9.59 Å². The molecule has 0 bridgehead atoms. The Morgan fingerprint density at radius 2 is 2.00 bits per heavy atom. The van der Waals surface area contributed by atoms with Crippen LogP contribution in [0.5, 0.6) is 0 Å². The van der Waals surface area contributed by atoms with E-state index in [1.54, 1.807) is 19.3 Å². The third-order valence-corrected chi connectivity index (χ3v) is 5.96. The van der Waals surface area contributed by atoms with Gasteiger partial charge >= 0.3 is 0 Å². The highest BCUT2D eigenvalue weighted by Gasteiger charge is 2.27. The van der Waals surface area contributed by atoms with Crippen molar-refractivity contribution in [2.75, 3.05) is 6.54 Å². The van der Waals surface area contributed by atoms with Gasteiger partial charge in [0.05, 0.1) is 22.5 Å². The molecule has 0 aromatic carbocycles. The van der Waals surface area contributed by atoms with E-state index in [0.717, 1.165) is 48.5 Å². The average Bonchev–Trinajstić information content (AvgIpc) is 3.20. The third kappa shape index (κ3) is 4.73. The molecule has 4 rings (SSSR count). The van der Waals surface area contributed by atoms with Crippen LogP contribution < -0.4 is 10.9 Å². The molecule has 0 unspecified atom stereocenters. The first-order valence-corrected chi connectivity index (χ1v) is 10.6. The number of nitrogens with one attached hydrogen (secondary N) is 1. The largest absolute Gasteiger partial charge is 0.356 e. The highest BCUT2D eigenvalue weighted by Crippen LogP contribution is 2.38. The van der Waals surface area contributed by atoms with Gasteiger partial charge in [0, 0.05) is 44.0 Å². The van der Waals surface area contributed by atoms with Crippen molar-refractivity contribution in [2.24, 2.45) is 13.0 Å². The summed E-state index contributed by atoms with van der Waals surface area (Å²) >= 11 is 0. The van der Waals surface area contributed by atoms with E-state index in [1.165, 1.54) is 10.6 Å². The number of hydrogen-bond donors (Lipinski definition) is 1. The van der Waals surface area contributed by atoms with E-state index in [4.69, 9.17) is 9.51 Å². The van der Waals surface area contributed by atoms with Gasteiger partial charge in [0.15, 0.2) is 5.76 Å². The highest BCUT2D eigenvalue weighted by atomic mass is 16.5. The number of aromatic nitrogens is 4. The van der Waals surface area contributed by atoms with Gasteiger partial charge < -0.3 is 14.4 Å². The van der Waals surface area contributed by atoms with Crippen LogP contribution in [0.15, 0.2) is 39.9 Å². The van der Waals surface area contributed by atoms with Crippen molar-refractivity contribution in [1.82, 2.24) is 25.0 Å². The molecule has 3 heterocycles. The molecule has 1 fully saturated rings. The predicted molar refractivity (Wildman–Crippen MR) is 116 cm³/mol. The van der Waals surface area contributed by atoms with Crippen LogP contribution in [0, 0.1) is 19.8 Å². The molecule has 3 aromatic rings. The molecule has 162 valence electrons. The maximum absolute atomic E-state index is 12.4. The van der Waals surface area contributed by atoms with Crippen LogP contribution in [0.1, 0.15) is 59.2 Å². The third-order valence-electron chi connectivity index (χ3n) is 5.96. The Balaban J connectivity index is 1.38. The summed E-state index contributed by atoms with van der Waals surface area (Å²) in [5, 5.41) is 7.02. The Labute approximate surface area is 180 Å². The average molecular weight is 422 g/mol. The number of carbonyl (C=O) groups is 1. The van der Waals surface area contributed by atoms with Gasteiger partial charge in [0.25, 0.3) is 5.91 Å². The van der Waals surface area contributed by atoms with E-state index in [-0.39, 0.29) is 11.5 Å². The minimum absolute atomic E-state index is 0.130. The number of amides is 1. The summed E-state index contributed by atoms with van der Waals surface area (Å²) in [4.78, 5) is 33.0. The second-order valence-electron chi connectivity index (χ2n) is 8.34. The molecule has 0 saturated heterocycles. The van der Waals surface area contributed by atoms with Crippen molar-refractivity contribution in [3.63, 3.8) is 0 Å². The van der Waals surface area contributed by atoms with Crippen molar-refractivity contribution >= 4 is 5.91 Å². The summed E-state index contributed by atoms with van der Waals surface area (Å²) in [5.74, 6) is 2.07. The lowest BCUT2D eigenvalue weighted by Gasteiger charge is -2.29. The molecule has 1 aliphatic rings. The van der Waals surface area contributed by atoms with Crippen molar-refractivity contribution in [3.05, 3.63) is 63.7 Å². The molecule has 0 spiro atoms. The highest BCUT2D eigenvalue weighted by molar-refractivity contribution is 5.93. The van der Waals surface area contributed by atoms with Crippen LogP contribution >= 0.6 is 0 Å². The van der Waals surface area contributed by atoms with Crippen molar-refractivity contribution in [1.29, 1.82) is 0 Å². The Kier molecular flexibility index (Phi) is 5.97. The first-order valence-electron chi connectivity index (χ1n) is 10.6. The minimum Gasteiger partial charge on any atom is -0.356 e. The van der Waals surface area contributed by atoms with Crippen molar-refractivity contribution in [2.45, 2.75) is 45.4 Å². The monoisotopic (exact) mass is 421 g/mol. The molecule has 8 heteroatoms. The van der Waals surface area contributed by atoms with Gasteiger partial charge in [0.1, 0.15) is 5.82 Å². The van der Waals surface area contributed by atoms with Crippen LogP contribution in [-0.2, 0) is 7.05 Å². The van der Waals surface area contributed by atoms with E-state index in [0.29, 0.717) is 29.7 Å². The Morgan fingerprint density at radius 3 is 2.68 bits per heavy atom. The quantitative estimate of drug-likeness (QED) is 0.679. The topological polar surface area (TPSA) is 103 Å². The van der Waals surface area contributed by atoms with Crippen molar-refractivity contribution < 1.29 is 9.32 Å². The summed E-state index contributed by atoms with van der Waals surface area (Å²) in [7, 11) is 1.64. The molecule has 0 aliphatic heterocycles. The molecule has 1 N–H and O–H groups in total. The molecule has 1 amide bonds. The molecule has 0 radical (unpaired) electrons. The number of nitrogens with zero attached hydrogens (tertiary/aromatic N) is 4. The summed E-state index contributed by atoms with van der Waals surface area (Å²) in [5.41, 5.74) is 3.14. The fourth-order valence-corrected chi connectivity index (χ4v) is 4.19. The van der Waals surface area contributed by atoms with E-state index in [9.17, 15) is 9.59 Å². The Bertz CT molecular complexity index is 1140. The summed E-state index contributed by atoms with van der Waals surface area (Å²) in [6.45, 7) is 4.43. The van der Waals surface area contributed by atoms with Gasteiger partial charge in [-0.15, -0.1) is 0 Å². The molecule has 1 saturated carbocycles. The number of aryl methyl sites for hydroxylation is 3. The van der Waals surface area contributed by atoms with Gasteiger partial charge in [-0.2, -0.15) is 0 Å². The van der Waals surface area contributed by atoms with Crippen LogP contribution in [0.3, 0.4) is 0 Å². The molecule has 0 atom stereocenters. The summed E-state index contributed by atoms with van der Waals surface area (Å²) in [6, 6.07) is 4.90. The molecular formula is C23H27N5O3. The van der Waals surface area contributed by atoms with Crippen LogP contribution in [-0.4, -0.2) is 32.1 Å². The Hall–Kier alpha value is -3.29. The number of hydrogen-bond acceptors (Lipinski definition) is 6. The second-order valence-corrected chi connectivity index (χ2v) is 8.34. The maximum atomic E-state index is 12.4. The molecule has 3 aromatic heterocycles. The lowest BCUT2D eigenvalue weighted by molar-refractivity contribution is 0.0942. The van der Waals surface area contributed by atoms with Gasteiger partial charge in [-0.25, -0.2) is 9.97 Å². The SMILES string of the molecule is Cc1cc(-c2cnc(C)nc2C2CCC(CNC(=O)c3ccc(=O)n(C)c3)CC2)on1. The summed E-state index contributed by atoms with van der Waals surface area (Å²) < 4.78 is 6.88. The molecule has 1 aliphatic carbocycles. The number of carbonyl (C=O) groups excluding carboxylic acids is 1. The van der Waals surface area contributed by atoms with E-state index in [2.05, 4.69) is 15.5 Å². The number of pyridine rings is 1. The zero-order valence-corrected chi connectivity index (χ0v) is 18.1. The molecular weight excluding hydrogens is 394 g/mol. The smallest absolute Gasteiger partial charge is 0.252 e. The molecule has 31 heavy (non-hydrogen) atoms. The summed E-state index contributed by atoms with van der Waals surface area (Å²) in [6.07, 6.45) is 7.41. The van der Waals surface area contributed by atoms with Gasteiger partial charge in [-0.1, -0.05) is 5.16 Å². The zero-order valence-electron chi connectivity index (χ0n) is 18.1. The van der Waals surface area contributed by atoms with E-state index < -0.39 is 0 Å². The van der Waals surface area contributed by atoms with Gasteiger partial charge in [-0.05, 0) is 51.5 Å². The number of rotatable bonds is 5. The second kappa shape index (κ2) is 8.83. The fourth-order valence-electron chi connectivity index (χ4n) is 4.19. The minimum atomic E-state index is -0.146.